The number of fused-ring (bicyclic) bond motifs is 1. The zero-order chi connectivity index (χ0) is 16.6. The topological polar surface area (TPSA) is 37.3 Å². The summed E-state index contributed by atoms with van der Waals surface area (Å²) in [5, 5.41) is 3.07. The predicted octanol–water partition coefficient (Wildman–Crippen LogP) is 4.41. The van der Waals surface area contributed by atoms with Crippen LogP contribution >= 0.6 is 0 Å². The van der Waals surface area contributed by atoms with Crippen molar-refractivity contribution in [1.82, 2.24) is 9.47 Å². The molecule has 0 bridgehead atoms. The molecular weight excluding hydrogens is 286 g/mol. The lowest BCUT2D eigenvalue weighted by Crippen LogP contribution is -2.44. The summed E-state index contributed by atoms with van der Waals surface area (Å²) in [5.41, 5.74) is 5.71. The van der Waals surface area contributed by atoms with Gasteiger partial charge in [-0.2, -0.15) is 0 Å². The van der Waals surface area contributed by atoms with Crippen LogP contribution in [0.15, 0.2) is 30.3 Å². The van der Waals surface area contributed by atoms with Crippen LogP contribution in [0.5, 0.6) is 0 Å². The number of hydrogen-bond acceptors (Lipinski definition) is 1. The van der Waals surface area contributed by atoms with Crippen LogP contribution < -0.4 is 5.32 Å². The van der Waals surface area contributed by atoms with E-state index in [0.29, 0.717) is 0 Å². The molecule has 2 aromatic rings. The Hall–Kier alpha value is -2.23. The standard InChI is InChI=1S/C19H25N3O/c1-5-17-18-7-6-15(4)21(18)8-9-22(17)19(23)20-16-11-13(2)10-14(3)12-16/h6-7,10-12,17H,5,8-9H2,1-4H3,(H,20,23). The summed E-state index contributed by atoms with van der Waals surface area (Å²) in [6.07, 6.45) is 0.920. The number of amides is 2. The Labute approximate surface area is 138 Å². The van der Waals surface area contributed by atoms with E-state index in [-0.39, 0.29) is 12.1 Å². The Bertz CT molecular complexity index is 712. The average molecular weight is 311 g/mol. The lowest BCUT2D eigenvalue weighted by Gasteiger charge is -2.37. The molecule has 1 unspecified atom stereocenters. The fraction of sp³-hybridized carbons (Fsp3) is 0.421. The summed E-state index contributed by atoms with van der Waals surface area (Å²) in [7, 11) is 0. The summed E-state index contributed by atoms with van der Waals surface area (Å²) in [6, 6.07) is 10.6. The van der Waals surface area contributed by atoms with E-state index in [0.717, 1.165) is 36.3 Å². The van der Waals surface area contributed by atoms with Crippen molar-refractivity contribution in [2.45, 2.75) is 46.7 Å². The van der Waals surface area contributed by atoms with E-state index in [4.69, 9.17) is 0 Å². The Morgan fingerprint density at radius 1 is 1.13 bits per heavy atom. The molecule has 4 nitrogen and oxygen atoms in total. The van der Waals surface area contributed by atoms with E-state index >= 15 is 0 Å². The highest BCUT2D eigenvalue weighted by molar-refractivity contribution is 5.90. The molecule has 1 aromatic heterocycles. The molecule has 0 saturated carbocycles. The third-order valence-electron chi connectivity index (χ3n) is 4.64. The lowest BCUT2D eigenvalue weighted by molar-refractivity contribution is 0.165. The molecule has 4 heteroatoms. The quantitative estimate of drug-likeness (QED) is 0.876. The van der Waals surface area contributed by atoms with E-state index < -0.39 is 0 Å². The zero-order valence-electron chi connectivity index (χ0n) is 14.4. The molecule has 1 atom stereocenters. The van der Waals surface area contributed by atoms with Crippen molar-refractivity contribution in [2.24, 2.45) is 0 Å². The van der Waals surface area contributed by atoms with Gasteiger partial charge < -0.3 is 14.8 Å². The molecule has 2 heterocycles. The van der Waals surface area contributed by atoms with Crippen LogP contribution in [0.1, 0.15) is 41.9 Å². The number of rotatable bonds is 2. The van der Waals surface area contributed by atoms with Gasteiger partial charge in [-0.15, -0.1) is 0 Å². The van der Waals surface area contributed by atoms with Gasteiger partial charge in [-0.3, -0.25) is 0 Å². The molecule has 23 heavy (non-hydrogen) atoms. The largest absolute Gasteiger partial charge is 0.345 e. The summed E-state index contributed by atoms with van der Waals surface area (Å²) in [4.78, 5) is 14.7. The minimum Gasteiger partial charge on any atom is -0.345 e. The number of hydrogen-bond donors (Lipinski definition) is 1. The third kappa shape index (κ3) is 2.98. The first-order valence-electron chi connectivity index (χ1n) is 8.31. The van der Waals surface area contributed by atoms with Crippen molar-refractivity contribution < 1.29 is 4.79 Å². The highest BCUT2D eigenvalue weighted by Crippen LogP contribution is 2.30. The van der Waals surface area contributed by atoms with Crippen molar-refractivity contribution in [3.63, 3.8) is 0 Å². The average Bonchev–Trinajstić information content (AvgIpc) is 2.86. The second kappa shape index (κ2) is 6.11. The second-order valence-electron chi connectivity index (χ2n) is 6.48. The van der Waals surface area contributed by atoms with Crippen molar-refractivity contribution in [3.05, 3.63) is 52.8 Å². The Morgan fingerprint density at radius 2 is 1.83 bits per heavy atom. The maximum absolute atomic E-state index is 12.8. The summed E-state index contributed by atoms with van der Waals surface area (Å²) < 4.78 is 2.33. The molecule has 2 amide bonds. The van der Waals surface area contributed by atoms with Gasteiger partial charge in [-0.25, -0.2) is 4.79 Å². The Kier molecular flexibility index (Phi) is 4.16. The summed E-state index contributed by atoms with van der Waals surface area (Å²) >= 11 is 0. The predicted molar refractivity (Wildman–Crippen MR) is 93.8 cm³/mol. The van der Waals surface area contributed by atoms with Crippen LogP contribution in [0, 0.1) is 20.8 Å². The van der Waals surface area contributed by atoms with Gasteiger partial charge in [0.1, 0.15) is 0 Å². The zero-order valence-corrected chi connectivity index (χ0v) is 14.4. The number of aryl methyl sites for hydroxylation is 3. The molecular formula is C19H25N3O. The van der Waals surface area contributed by atoms with Crippen LogP contribution in [-0.4, -0.2) is 22.0 Å². The SMILES string of the molecule is CCC1c2ccc(C)n2CCN1C(=O)Nc1cc(C)cc(C)c1. The van der Waals surface area contributed by atoms with Crippen molar-refractivity contribution in [1.29, 1.82) is 0 Å². The van der Waals surface area contributed by atoms with Crippen LogP contribution in [0.3, 0.4) is 0 Å². The second-order valence-corrected chi connectivity index (χ2v) is 6.48. The molecule has 0 aliphatic carbocycles. The smallest absolute Gasteiger partial charge is 0.322 e. The van der Waals surface area contributed by atoms with Crippen molar-refractivity contribution in [2.75, 3.05) is 11.9 Å². The Morgan fingerprint density at radius 3 is 2.48 bits per heavy atom. The fourth-order valence-corrected chi connectivity index (χ4v) is 3.62. The molecule has 1 N–H and O–H groups in total. The van der Waals surface area contributed by atoms with Crippen LogP contribution in [0.4, 0.5) is 10.5 Å². The molecule has 3 rings (SSSR count). The van der Waals surface area contributed by atoms with Gasteiger partial charge in [0.15, 0.2) is 0 Å². The van der Waals surface area contributed by atoms with Gasteiger partial charge in [0.25, 0.3) is 0 Å². The van der Waals surface area contributed by atoms with Crippen LogP contribution in [0.25, 0.3) is 0 Å². The van der Waals surface area contributed by atoms with Gasteiger partial charge in [0, 0.05) is 30.2 Å². The molecule has 122 valence electrons. The first kappa shape index (κ1) is 15.7. The first-order chi connectivity index (χ1) is 11.0. The number of urea groups is 1. The van der Waals surface area contributed by atoms with Crippen molar-refractivity contribution in [3.8, 4) is 0 Å². The maximum Gasteiger partial charge on any atom is 0.322 e. The molecule has 0 radical (unpaired) electrons. The number of benzene rings is 1. The van der Waals surface area contributed by atoms with Crippen molar-refractivity contribution >= 4 is 11.7 Å². The fourth-order valence-electron chi connectivity index (χ4n) is 3.62. The van der Waals surface area contributed by atoms with E-state index in [1.54, 1.807) is 0 Å². The third-order valence-corrected chi connectivity index (χ3v) is 4.64. The number of nitrogens with one attached hydrogen (secondary N) is 1. The summed E-state index contributed by atoms with van der Waals surface area (Å²) in [5.74, 6) is 0. The van der Waals surface area contributed by atoms with Gasteiger partial charge >= 0.3 is 6.03 Å². The van der Waals surface area contributed by atoms with Crippen LogP contribution in [0.2, 0.25) is 0 Å². The van der Waals surface area contributed by atoms with E-state index in [2.05, 4.69) is 41.9 Å². The van der Waals surface area contributed by atoms with Gasteiger partial charge in [-0.05, 0) is 62.6 Å². The Balaban J connectivity index is 1.82. The molecule has 0 saturated heterocycles. The lowest BCUT2D eigenvalue weighted by atomic mass is 10.1. The molecule has 1 aromatic carbocycles. The van der Waals surface area contributed by atoms with Gasteiger partial charge in [0.2, 0.25) is 0 Å². The number of carbonyl (C=O) groups excluding carboxylic acids is 1. The van der Waals surface area contributed by atoms with E-state index in [9.17, 15) is 4.79 Å². The van der Waals surface area contributed by atoms with E-state index in [1.807, 2.05) is 30.9 Å². The van der Waals surface area contributed by atoms with Gasteiger partial charge in [-0.1, -0.05) is 13.0 Å². The minimum atomic E-state index is -0.00745. The number of nitrogens with zero attached hydrogens (tertiary/aromatic N) is 2. The first-order valence-corrected chi connectivity index (χ1v) is 8.31. The summed E-state index contributed by atoms with van der Waals surface area (Å²) in [6.45, 7) is 9.98. The highest BCUT2D eigenvalue weighted by atomic mass is 16.2. The highest BCUT2D eigenvalue weighted by Gasteiger charge is 2.30. The van der Waals surface area contributed by atoms with Crippen LogP contribution in [-0.2, 0) is 6.54 Å². The number of anilines is 1. The maximum atomic E-state index is 12.8. The van der Waals surface area contributed by atoms with E-state index in [1.165, 1.54) is 11.4 Å². The number of aromatic nitrogens is 1. The minimum absolute atomic E-state index is 0.00745. The molecule has 1 aliphatic heterocycles. The normalized spacial score (nSPS) is 17.0. The monoisotopic (exact) mass is 311 g/mol. The molecule has 0 spiro atoms. The number of carbonyl (C=O) groups is 1. The molecule has 0 fully saturated rings. The van der Waals surface area contributed by atoms with Gasteiger partial charge in [0.05, 0.1) is 6.04 Å². The molecule has 1 aliphatic rings.